The molecule has 1 aliphatic heterocycles. The first-order valence-electron chi connectivity index (χ1n) is 10.3. The molecule has 2 atom stereocenters. The van der Waals surface area contributed by atoms with Gasteiger partial charge in [0, 0.05) is 25.2 Å². The fourth-order valence-corrected chi connectivity index (χ4v) is 3.90. The lowest BCUT2D eigenvalue weighted by atomic mass is 9.84. The molecular weight excluding hydrogens is 406 g/mol. The number of halogens is 2. The van der Waals surface area contributed by atoms with Gasteiger partial charge in [-0.1, -0.05) is 13.8 Å². The number of pyridine rings is 1. The zero-order chi connectivity index (χ0) is 22.0. The Morgan fingerprint density at radius 3 is 2.97 bits per heavy atom. The summed E-state index contributed by atoms with van der Waals surface area (Å²) in [6, 6.07) is 4.84. The van der Waals surface area contributed by atoms with E-state index in [0.717, 1.165) is 12.8 Å². The highest BCUT2D eigenvalue weighted by Crippen LogP contribution is 2.34. The molecule has 0 spiro atoms. The van der Waals surface area contributed by atoms with E-state index in [9.17, 15) is 13.6 Å². The van der Waals surface area contributed by atoms with Crippen molar-refractivity contribution >= 4 is 11.7 Å². The molecule has 8 nitrogen and oxygen atoms in total. The summed E-state index contributed by atoms with van der Waals surface area (Å²) in [6.45, 7) is 5.43. The first-order chi connectivity index (χ1) is 15.0. The van der Waals surface area contributed by atoms with Crippen molar-refractivity contribution < 1.29 is 18.3 Å². The van der Waals surface area contributed by atoms with E-state index in [2.05, 4.69) is 20.1 Å². The molecule has 0 N–H and O–H groups in total. The van der Waals surface area contributed by atoms with Crippen LogP contribution in [0.2, 0.25) is 0 Å². The van der Waals surface area contributed by atoms with Crippen LogP contribution in [0.5, 0.6) is 5.75 Å². The van der Waals surface area contributed by atoms with E-state index in [1.165, 1.54) is 16.9 Å². The van der Waals surface area contributed by atoms with Crippen molar-refractivity contribution in [3.8, 4) is 5.75 Å². The minimum atomic E-state index is -2.72. The van der Waals surface area contributed by atoms with Crippen molar-refractivity contribution in [2.75, 3.05) is 19.7 Å². The van der Waals surface area contributed by atoms with Gasteiger partial charge in [0.2, 0.25) is 0 Å². The average Bonchev–Trinajstić information content (AvgIpc) is 3.26. The number of nitrogens with zero attached hydrogens (tertiary/aromatic N) is 6. The van der Waals surface area contributed by atoms with E-state index in [-0.39, 0.29) is 34.9 Å². The fraction of sp³-hybridized carbons (Fsp3) is 0.476. The molecule has 4 rings (SSSR count). The van der Waals surface area contributed by atoms with Gasteiger partial charge in [-0.05, 0) is 37.0 Å². The third kappa shape index (κ3) is 4.19. The van der Waals surface area contributed by atoms with Gasteiger partial charge in [-0.25, -0.2) is 23.3 Å². The molecule has 0 saturated carbocycles. The Morgan fingerprint density at radius 2 is 2.19 bits per heavy atom. The number of carbonyl (C=O) groups is 1. The molecule has 164 valence electrons. The highest BCUT2D eigenvalue weighted by Gasteiger charge is 2.34. The van der Waals surface area contributed by atoms with E-state index in [0.29, 0.717) is 31.1 Å². The second-order valence-electron chi connectivity index (χ2n) is 7.70. The average molecular weight is 430 g/mol. The predicted octanol–water partition coefficient (Wildman–Crippen LogP) is 3.51. The molecule has 0 aliphatic carbocycles. The van der Waals surface area contributed by atoms with Crippen LogP contribution in [0.3, 0.4) is 0 Å². The van der Waals surface area contributed by atoms with Crippen LogP contribution in [0, 0.1) is 5.92 Å². The maximum absolute atomic E-state index is 13.4. The lowest BCUT2D eigenvalue weighted by Crippen LogP contribution is -2.43. The van der Waals surface area contributed by atoms with Crippen molar-refractivity contribution in [1.29, 1.82) is 0 Å². The molecule has 0 radical (unpaired) electrons. The zero-order valence-corrected chi connectivity index (χ0v) is 17.4. The molecule has 0 bridgehead atoms. The molecule has 31 heavy (non-hydrogen) atoms. The lowest BCUT2D eigenvalue weighted by Gasteiger charge is -2.37. The van der Waals surface area contributed by atoms with Crippen LogP contribution >= 0.6 is 0 Å². The summed E-state index contributed by atoms with van der Waals surface area (Å²) in [5, 5.41) is 4.17. The Balaban J connectivity index is 1.65. The summed E-state index contributed by atoms with van der Waals surface area (Å²) in [5.74, 6) is 0.298. The summed E-state index contributed by atoms with van der Waals surface area (Å²) < 4.78 is 34.0. The number of hydrogen-bond acceptors (Lipinski definition) is 6. The fourth-order valence-electron chi connectivity index (χ4n) is 3.90. The standard InChI is InChI=1S/C21H24F2N6O2/c1-3-9-31-17-5-4-7-24-18(17)20(30)28-8-6-13(2)14(11-28)16-10-15(19(22)23)27-21-25-12-26-29(16)21/h4-5,7,10,12-14,19H,3,6,8-9,11H2,1-2H3/t13-,14?/m1/s1. The normalized spacial score (nSPS) is 19.2. The van der Waals surface area contributed by atoms with Crippen LogP contribution in [0.4, 0.5) is 8.78 Å². The molecule has 0 aromatic carbocycles. The van der Waals surface area contributed by atoms with Gasteiger partial charge >= 0.3 is 0 Å². The Morgan fingerprint density at radius 1 is 1.35 bits per heavy atom. The summed E-state index contributed by atoms with van der Waals surface area (Å²) in [4.78, 5) is 27.1. The van der Waals surface area contributed by atoms with Gasteiger partial charge in [-0.3, -0.25) is 4.79 Å². The summed E-state index contributed by atoms with van der Waals surface area (Å²) in [6.07, 6.45) is 1.67. The van der Waals surface area contributed by atoms with Gasteiger partial charge in [0.15, 0.2) is 11.4 Å². The van der Waals surface area contributed by atoms with Crippen molar-refractivity contribution in [3.63, 3.8) is 0 Å². The first-order valence-corrected chi connectivity index (χ1v) is 10.3. The van der Waals surface area contributed by atoms with Gasteiger partial charge in [0.05, 0.1) is 12.3 Å². The van der Waals surface area contributed by atoms with Gasteiger partial charge in [-0.2, -0.15) is 10.1 Å². The van der Waals surface area contributed by atoms with Gasteiger partial charge in [0.1, 0.15) is 12.0 Å². The zero-order valence-electron chi connectivity index (χ0n) is 17.4. The number of hydrogen-bond donors (Lipinski definition) is 0. The number of amides is 1. The van der Waals surface area contributed by atoms with E-state index in [4.69, 9.17) is 4.74 Å². The molecular formula is C21H24F2N6O2. The van der Waals surface area contributed by atoms with Gasteiger partial charge < -0.3 is 9.64 Å². The number of rotatable bonds is 6. The Labute approximate surface area is 178 Å². The van der Waals surface area contributed by atoms with Crippen LogP contribution in [0.1, 0.15) is 60.9 Å². The van der Waals surface area contributed by atoms with Crippen LogP contribution < -0.4 is 4.74 Å². The number of carbonyl (C=O) groups excluding carboxylic acids is 1. The quantitative estimate of drug-likeness (QED) is 0.595. The summed E-state index contributed by atoms with van der Waals surface area (Å²) in [7, 11) is 0. The predicted molar refractivity (Wildman–Crippen MR) is 108 cm³/mol. The molecule has 3 aromatic heterocycles. The SMILES string of the molecule is CCCOc1cccnc1C(=O)N1CC[C@@H](C)C(c2cc(C(F)F)nc3ncnn23)C1. The van der Waals surface area contributed by atoms with Crippen LogP contribution in [-0.2, 0) is 0 Å². The highest BCUT2D eigenvalue weighted by molar-refractivity contribution is 5.95. The smallest absolute Gasteiger partial charge is 0.280 e. The van der Waals surface area contributed by atoms with Crippen molar-refractivity contribution in [2.45, 2.75) is 39.0 Å². The maximum atomic E-state index is 13.4. The number of piperidine rings is 1. The van der Waals surface area contributed by atoms with Crippen molar-refractivity contribution in [1.82, 2.24) is 29.5 Å². The summed E-state index contributed by atoms with van der Waals surface area (Å²) >= 11 is 0. The van der Waals surface area contributed by atoms with Crippen LogP contribution in [-0.4, -0.2) is 55.1 Å². The molecule has 1 aliphatic rings. The van der Waals surface area contributed by atoms with E-state index < -0.39 is 6.43 Å². The second kappa shape index (κ2) is 8.91. The Hall–Kier alpha value is -3.17. The van der Waals surface area contributed by atoms with Crippen molar-refractivity contribution in [3.05, 3.63) is 47.8 Å². The molecule has 4 heterocycles. The number of aromatic nitrogens is 5. The molecule has 3 aromatic rings. The maximum Gasteiger partial charge on any atom is 0.280 e. The monoisotopic (exact) mass is 430 g/mol. The van der Waals surface area contributed by atoms with Crippen LogP contribution in [0.25, 0.3) is 5.78 Å². The topological polar surface area (TPSA) is 85.5 Å². The summed E-state index contributed by atoms with van der Waals surface area (Å²) in [5.41, 5.74) is 0.496. The Kier molecular flexibility index (Phi) is 6.06. The van der Waals surface area contributed by atoms with Crippen LogP contribution in [0.15, 0.2) is 30.7 Å². The molecule has 1 amide bonds. The third-order valence-electron chi connectivity index (χ3n) is 5.58. The van der Waals surface area contributed by atoms with E-state index >= 15 is 0 Å². The number of fused-ring (bicyclic) bond motifs is 1. The largest absolute Gasteiger partial charge is 0.491 e. The molecule has 10 heteroatoms. The van der Waals surface area contributed by atoms with E-state index in [1.54, 1.807) is 23.2 Å². The van der Waals surface area contributed by atoms with Gasteiger partial charge in [0.25, 0.3) is 18.1 Å². The number of likely N-dealkylation sites (tertiary alicyclic amines) is 1. The lowest BCUT2D eigenvalue weighted by molar-refractivity contribution is 0.0654. The van der Waals surface area contributed by atoms with Crippen molar-refractivity contribution in [2.24, 2.45) is 5.92 Å². The van der Waals surface area contributed by atoms with Gasteiger partial charge in [-0.15, -0.1) is 0 Å². The molecule has 1 unspecified atom stereocenters. The Bertz CT molecular complexity index is 1070. The highest BCUT2D eigenvalue weighted by atomic mass is 19.3. The molecule has 1 saturated heterocycles. The molecule has 1 fully saturated rings. The second-order valence-corrected chi connectivity index (χ2v) is 7.70. The minimum absolute atomic E-state index is 0.128. The number of ether oxygens (including phenoxy) is 1. The van der Waals surface area contributed by atoms with E-state index in [1.807, 2.05) is 13.8 Å². The number of alkyl halides is 2. The first kappa shape index (κ1) is 21.1. The third-order valence-corrected chi connectivity index (χ3v) is 5.58. The minimum Gasteiger partial charge on any atom is -0.491 e.